The van der Waals surface area contributed by atoms with Crippen molar-refractivity contribution in [3.05, 3.63) is 12.2 Å². The van der Waals surface area contributed by atoms with Crippen LogP contribution in [-0.4, -0.2) is 258 Å². The zero-order chi connectivity index (χ0) is 57.1. The van der Waals surface area contributed by atoms with Gasteiger partial charge in [0.1, 0.15) is 97.5 Å². The fourth-order valence-corrected chi connectivity index (χ4v) is 9.78. The predicted octanol–water partition coefficient (Wildman–Crippen LogP) is -6.24. The molecule has 4 heterocycles. The molecule has 21 N–H and O–H groups in total. The number of quaternary nitrogens is 1. The molecule has 29 nitrogen and oxygen atoms in total. The van der Waals surface area contributed by atoms with Gasteiger partial charge in [-0.1, -0.05) is 83.3 Å². The summed E-state index contributed by atoms with van der Waals surface area (Å²) in [6.07, 6.45) is -21.6. The predicted molar refractivity (Wildman–Crippen MR) is 266 cm³/mol. The summed E-state index contributed by atoms with van der Waals surface area (Å²) in [5.41, 5.74) is 6.17. The number of carboxylic acids is 1. The number of carbonyl (C=O) groups excluding carboxylic acids is 3. The topological polar surface area (TPSA) is 498 Å². The third kappa shape index (κ3) is 18.9. The van der Waals surface area contributed by atoms with Gasteiger partial charge in [0, 0.05) is 20.3 Å². The lowest BCUT2D eigenvalue weighted by atomic mass is 9.88. The molecular formula is C49H90N4O25. The Morgan fingerprint density at radius 2 is 1.21 bits per heavy atom. The van der Waals surface area contributed by atoms with E-state index < -0.39 is 198 Å². The van der Waals surface area contributed by atoms with Gasteiger partial charge in [0.05, 0.1) is 57.3 Å². The van der Waals surface area contributed by atoms with Crippen molar-refractivity contribution in [3.8, 4) is 0 Å². The zero-order valence-corrected chi connectivity index (χ0v) is 44.9. The van der Waals surface area contributed by atoms with Gasteiger partial charge < -0.3 is 137 Å². The van der Waals surface area contributed by atoms with Crippen LogP contribution in [0.2, 0.25) is 0 Å². The quantitative estimate of drug-likeness (QED) is 0.0220. The minimum Gasteiger partial charge on any atom is -0.544 e. The van der Waals surface area contributed by atoms with Crippen molar-refractivity contribution in [2.75, 3.05) is 33.0 Å². The first-order valence-electron chi connectivity index (χ1n) is 26.6. The number of hydrogen-bond acceptors (Lipinski definition) is 26. The number of aliphatic hydroxyl groups is 13. The second kappa shape index (κ2) is 34.0. The Labute approximate surface area is 453 Å². The van der Waals surface area contributed by atoms with Crippen LogP contribution in [0.3, 0.4) is 0 Å². The van der Waals surface area contributed by atoms with E-state index in [9.17, 15) is 85.9 Å². The number of carbonyl (C=O) groups is 3. The lowest BCUT2D eigenvalue weighted by Crippen LogP contribution is -2.73. The van der Waals surface area contributed by atoms with Gasteiger partial charge in [0.2, 0.25) is 17.6 Å². The van der Waals surface area contributed by atoms with Crippen LogP contribution in [-0.2, 0) is 52.3 Å². The van der Waals surface area contributed by atoms with Crippen molar-refractivity contribution in [1.29, 1.82) is 0 Å². The van der Waals surface area contributed by atoms with Gasteiger partial charge in [-0.2, -0.15) is 0 Å². The molecule has 4 rings (SSSR count). The lowest BCUT2D eigenvalue weighted by molar-refractivity contribution is -0.420. The highest BCUT2D eigenvalue weighted by molar-refractivity contribution is 5.75. The molecule has 0 bridgehead atoms. The maximum atomic E-state index is 13.3. The Bertz CT molecular complexity index is 1780. The summed E-state index contributed by atoms with van der Waals surface area (Å²) in [5, 5.41) is 159. The van der Waals surface area contributed by atoms with Gasteiger partial charge in [-0.3, -0.25) is 9.59 Å². The number of rotatable bonds is 32. The normalized spacial score (nSPS) is 37.0. The van der Waals surface area contributed by atoms with Crippen LogP contribution in [0.4, 0.5) is 0 Å². The molecule has 0 radical (unpaired) electrons. The number of aliphatic carboxylic acids is 1. The second-order valence-corrected chi connectivity index (χ2v) is 20.2. The van der Waals surface area contributed by atoms with E-state index in [1.54, 1.807) is 6.08 Å². The van der Waals surface area contributed by atoms with Gasteiger partial charge in [-0.25, -0.2) is 0 Å². The van der Waals surface area contributed by atoms with Crippen molar-refractivity contribution in [3.63, 3.8) is 0 Å². The van der Waals surface area contributed by atoms with E-state index in [2.05, 4.69) is 17.6 Å². The highest BCUT2D eigenvalue weighted by atomic mass is 16.8. The summed E-state index contributed by atoms with van der Waals surface area (Å²) >= 11 is 0. The van der Waals surface area contributed by atoms with Gasteiger partial charge >= 0.3 is 0 Å². The van der Waals surface area contributed by atoms with Gasteiger partial charge in [-0.05, 0) is 12.8 Å². The zero-order valence-electron chi connectivity index (χ0n) is 44.9. The van der Waals surface area contributed by atoms with Crippen molar-refractivity contribution >= 4 is 17.8 Å². The smallest absolute Gasteiger partial charge is 0.217 e. The molecule has 4 fully saturated rings. The molecule has 0 unspecified atom stereocenters. The molecule has 0 aromatic rings. The Morgan fingerprint density at radius 3 is 1.76 bits per heavy atom. The molecule has 4 aliphatic heterocycles. The Hall–Kier alpha value is -2.77. The molecule has 0 aromatic carbocycles. The Kier molecular flexibility index (Phi) is 30.3. The summed E-state index contributed by atoms with van der Waals surface area (Å²) in [5.74, 6) is -7.35. The summed E-state index contributed by atoms with van der Waals surface area (Å²) < 4.78 is 46.6. The number of unbranched alkanes of at least 4 members (excludes halogenated alkanes) is 11. The van der Waals surface area contributed by atoms with Crippen molar-refractivity contribution in [1.82, 2.24) is 16.8 Å². The van der Waals surface area contributed by atoms with E-state index in [0.717, 1.165) is 33.1 Å². The molecular weight excluding hydrogens is 1040 g/mol. The van der Waals surface area contributed by atoms with E-state index in [1.807, 2.05) is 0 Å². The first kappa shape index (κ1) is 69.5. The first-order chi connectivity index (χ1) is 36.6. The van der Waals surface area contributed by atoms with Gasteiger partial charge in [0.25, 0.3) is 0 Å². The molecule has 2 amide bonds. The van der Waals surface area contributed by atoms with Gasteiger partial charge in [0.15, 0.2) is 18.9 Å². The molecule has 29 heteroatoms. The summed E-state index contributed by atoms with van der Waals surface area (Å²) in [6.45, 7) is -0.447. The number of amides is 2. The molecule has 4 aliphatic rings. The molecule has 0 spiro atoms. The van der Waals surface area contributed by atoms with Crippen molar-refractivity contribution in [2.24, 2.45) is 5.73 Å². The largest absolute Gasteiger partial charge is 0.544 e. The Morgan fingerprint density at radius 1 is 0.679 bits per heavy atom. The number of nitrogens with two attached hydrogens (primary N) is 1. The Balaban J connectivity index is 0.0000160. The minimum absolute atomic E-state index is 0. The average molecular weight is 1140 g/mol. The molecule has 0 aromatic heterocycles. The molecule has 23 atom stereocenters. The number of hydrogen-bond donors (Lipinski definition) is 17. The number of aliphatic hydroxyl groups excluding tert-OH is 13. The number of ether oxygens (including phenoxy) is 8. The number of carboxylic acid groups (broad SMARTS) is 1. The maximum absolute atomic E-state index is 13.3. The first-order valence-corrected chi connectivity index (χ1v) is 26.6. The maximum Gasteiger partial charge on any atom is 0.217 e. The average Bonchev–Trinajstić information content (AvgIpc) is 3.42. The van der Waals surface area contributed by atoms with Crippen LogP contribution in [0.5, 0.6) is 0 Å². The monoisotopic (exact) mass is 1130 g/mol. The van der Waals surface area contributed by atoms with Crippen LogP contribution in [0.15, 0.2) is 12.2 Å². The lowest BCUT2D eigenvalue weighted by Gasteiger charge is -2.53. The van der Waals surface area contributed by atoms with Crippen LogP contribution in [0.25, 0.3) is 0 Å². The van der Waals surface area contributed by atoms with Crippen molar-refractivity contribution in [2.45, 2.75) is 245 Å². The SMILES string of the molecule is CCCCCCCCCCCCC/C=C/[C@@H](O)[C@@H](N)CO[C@@H]1O[C@H](CO)[C@@H](O[C@@H]2O[C@H](CO)[C@H](O[C@@H]3O[C@H](CO)[C@H](O)[C@H](O)[C@H]3NC(C)=O)[C@H](O[C@]3(C(=O)[O-])C[C@H](O)[C@@H](NC(C)=O)[C@H]([C@H](O)[C@H](O)CO)O3)[C@H]2O)[C@H](O)[C@H]1O.[NH4+]. The highest BCUT2D eigenvalue weighted by Crippen LogP contribution is 2.40. The second-order valence-electron chi connectivity index (χ2n) is 20.2. The van der Waals surface area contributed by atoms with E-state index >= 15 is 0 Å². The van der Waals surface area contributed by atoms with E-state index in [0.29, 0.717) is 6.42 Å². The van der Waals surface area contributed by atoms with Crippen molar-refractivity contribution < 1.29 is 124 Å². The third-order valence-electron chi connectivity index (χ3n) is 14.1. The molecule has 0 aliphatic carbocycles. The fraction of sp³-hybridized carbons (Fsp3) is 0.898. The summed E-state index contributed by atoms with van der Waals surface area (Å²) in [4.78, 5) is 37.8. The molecule has 456 valence electrons. The van der Waals surface area contributed by atoms with Crippen LogP contribution in [0, 0.1) is 0 Å². The summed E-state index contributed by atoms with van der Waals surface area (Å²) in [7, 11) is 0. The minimum atomic E-state index is -3.36. The standard InChI is InChI=1S/C49H87N3O25.H3N/c1-4-5-6-7-8-9-10-11-12-13-14-15-16-17-27(59)26(50)23-70-46-39(66)38(65)41(31(21-55)72-46)74-47-40(67)44(42(32(22-56)73-47)75-45-34(52-25(3)58)37(64)36(63)30(20-54)71-45)77-49(48(68)69)18-28(60)33(51-24(2)57)43(76-49)35(62)29(61)19-53;/h16-17,26-47,53-56,59-67H,4-15,18-23,50H2,1-3H3,(H,51,57)(H,52,58)(H,68,69);1H3/b17-16+;/t26-,27+,28-,29+,30+,31+,32+,33+,34+,35+,36-,37+,38+,39+,40+,41+,42-,43+,44+,45-,46+,47-,49-;/m0./s1. The van der Waals surface area contributed by atoms with E-state index in [1.165, 1.54) is 57.4 Å². The van der Waals surface area contributed by atoms with Crippen LogP contribution in [0.1, 0.15) is 104 Å². The highest BCUT2D eigenvalue weighted by Gasteiger charge is 2.59. The molecule has 0 saturated carbocycles. The van der Waals surface area contributed by atoms with Crippen LogP contribution >= 0.6 is 0 Å². The summed E-state index contributed by atoms with van der Waals surface area (Å²) in [6, 6.07) is -4.47. The number of allylic oxidation sites excluding steroid dienone is 1. The van der Waals surface area contributed by atoms with Gasteiger partial charge in [-0.15, -0.1) is 0 Å². The van der Waals surface area contributed by atoms with E-state index in [-0.39, 0.29) is 6.15 Å². The molecule has 4 saturated heterocycles. The third-order valence-corrected chi connectivity index (χ3v) is 14.1. The van der Waals surface area contributed by atoms with E-state index in [4.69, 9.17) is 43.6 Å². The fourth-order valence-electron chi connectivity index (χ4n) is 9.78. The number of nitrogens with one attached hydrogen (secondary N) is 2. The molecule has 78 heavy (non-hydrogen) atoms. The van der Waals surface area contributed by atoms with Crippen LogP contribution < -0.4 is 27.6 Å².